The number of carbonyl (C=O) groups excluding carboxylic acids is 2. The molecule has 3 rings (SSSR count). The van der Waals surface area contributed by atoms with Gasteiger partial charge in [-0.1, -0.05) is 30.3 Å². The van der Waals surface area contributed by atoms with Crippen molar-refractivity contribution in [2.24, 2.45) is 0 Å². The average molecular weight is 310 g/mol. The molecule has 1 aliphatic heterocycles. The van der Waals surface area contributed by atoms with Crippen molar-refractivity contribution in [3.05, 3.63) is 71.7 Å². The number of fused-ring (bicyclic) bond motifs is 1. The Kier molecular flexibility index (Phi) is 3.70. The second-order valence-corrected chi connectivity index (χ2v) is 5.45. The van der Waals surface area contributed by atoms with E-state index in [1.165, 1.54) is 18.2 Å². The van der Waals surface area contributed by atoms with Crippen LogP contribution in [0.5, 0.6) is 0 Å². The largest absolute Gasteiger partial charge is 0.383 e. The molecule has 0 bridgehead atoms. The summed E-state index contributed by atoms with van der Waals surface area (Å²) in [5.74, 6) is -1.67. The van der Waals surface area contributed by atoms with Crippen molar-refractivity contribution in [3.63, 3.8) is 0 Å². The van der Waals surface area contributed by atoms with Gasteiger partial charge in [0.05, 0.1) is 11.3 Å². The van der Waals surface area contributed by atoms with Gasteiger partial charge < -0.3 is 4.90 Å². The molecule has 23 heavy (non-hydrogen) atoms. The molecule has 1 aliphatic rings. The molecule has 0 radical (unpaired) electrons. The first-order chi connectivity index (χ1) is 11.0. The van der Waals surface area contributed by atoms with Gasteiger partial charge in [-0.05, 0) is 18.2 Å². The number of hydrogen-bond acceptors (Lipinski definition) is 3. The van der Waals surface area contributed by atoms with E-state index in [1.807, 2.05) is 0 Å². The fourth-order valence-corrected chi connectivity index (χ4v) is 2.59. The van der Waals surface area contributed by atoms with Gasteiger partial charge in [-0.2, -0.15) is 0 Å². The average Bonchev–Trinajstić information content (AvgIpc) is 2.53. The molecule has 0 unspecified atom stereocenters. The summed E-state index contributed by atoms with van der Waals surface area (Å²) in [7, 11) is 3.57. The summed E-state index contributed by atoms with van der Waals surface area (Å²) in [6, 6.07) is 12.6. The van der Waals surface area contributed by atoms with Crippen molar-refractivity contribution < 1.29 is 14.0 Å². The summed E-state index contributed by atoms with van der Waals surface area (Å²) in [5, 5.41) is 0. The number of nitrogens with zero attached hydrogens (tertiary/aromatic N) is 2. The molecule has 0 aromatic heterocycles. The highest BCUT2D eigenvalue weighted by atomic mass is 19.1. The lowest BCUT2D eigenvalue weighted by Gasteiger charge is -2.29. The molecule has 2 aromatic rings. The molecule has 1 heterocycles. The third-order valence-electron chi connectivity index (χ3n) is 3.56. The summed E-state index contributed by atoms with van der Waals surface area (Å²) in [5.41, 5.74) is 1.25. The molecule has 5 heteroatoms. The van der Waals surface area contributed by atoms with Crippen molar-refractivity contribution in [1.82, 2.24) is 4.90 Å². The zero-order chi connectivity index (χ0) is 16.6. The SMILES string of the molecule is CN(C)/C=C1\C(=O)N(c2ccccc2F)C(=O)c2ccccc21. The van der Waals surface area contributed by atoms with E-state index < -0.39 is 17.6 Å². The van der Waals surface area contributed by atoms with Crippen molar-refractivity contribution in [1.29, 1.82) is 0 Å². The standard InChI is InChI=1S/C18H15FN2O2/c1-20(2)11-14-12-7-3-4-8-13(12)17(22)21(18(14)23)16-10-6-5-9-15(16)19/h3-11H,1-2H3/b14-11-. The van der Waals surface area contributed by atoms with Crippen molar-refractivity contribution in [2.45, 2.75) is 0 Å². The van der Waals surface area contributed by atoms with Gasteiger partial charge in [0.2, 0.25) is 0 Å². The molecule has 2 aromatic carbocycles. The number of carbonyl (C=O) groups is 2. The van der Waals surface area contributed by atoms with Crippen LogP contribution >= 0.6 is 0 Å². The van der Waals surface area contributed by atoms with Crippen LogP contribution in [0, 0.1) is 5.82 Å². The van der Waals surface area contributed by atoms with Crippen LogP contribution in [-0.2, 0) is 4.79 Å². The first-order valence-corrected chi connectivity index (χ1v) is 7.11. The molecule has 0 spiro atoms. The minimum Gasteiger partial charge on any atom is -0.383 e. The van der Waals surface area contributed by atoms with Crippen LogP contribution in [-0.4, -0.2) is 30.8 Å². The van der Waals surface area contributed by atoms with Crippen LogP contribution in [0.2, 0.25) is 0 Å². The van der Waals surface area contributed by atoms with Crippen LogP contribution in [0.15, 0.2) is 54.7 Å². The van der Waals surface area contributed by atoms with Crippen LogP contribution in [0.3, 0.4) is 0 Å². The van der Waals surface area contributed by atoms with Crippen LogP contribution in [0.1, 0.15) is 15.9 Å². The molecule has 0 saturated carbocycles. The summed E-state index contributed by atoms with van der Waals surface area (Å²) in [4.78, 5) is 28.2. The molecule has 116 valence electrons. The second-order valence-electron chi connectivity index (χ2n) is 5.45. The lowest BCUT2D eigenvalue weighted by Crippen LogP contribution is -2.42. The fourth-order valence-electron chi connectivity index (χ4n) is 2.59. The van der Waals surface area contributed by atoms with Gasteiger partial charge in [0.25, 0.3) is 11.8 Å². The number of rotatable bonds is 2. The zero-order valence-electron chi connectivity index (χ0n) is 12.8. The maximum Gasteiger partial charge on any atom is 0.267 e. The van der Waals surface area contributed by atoms with Crippen molar-refractivity contribution in [3.8, 4) is 0 Å². The van der Waals surface area contributed by atoms with Crippen LogP contribution < -0.4 is 4.90 Å². The van der Waals surface area contributed by atoms with E-state index in [9.17, 15) is 14.0 Å². The summed E-state index contributed by atoms with van der Waals surface area (Å²) in [6.45, 7) is 0. The van der Waals surface area contributed by atoms with Gasteiger partial charge in [0.15, 0.2) is 0 Å². The van der Waals surface area contributed by atoms with Gasteiger partial charge in [-0.15, -0.1) is 0 Å². The summed E-state index contributed by atoms with van der Waals surface area (Å²) < 4.78 is 14.1. The molecular formula is C18H15FN2O2. The van der Waals surface area contributed by atoms with E-state index in [1.54, 1.807) is 55.5 Å². The third-order valence-corrected chi connectivity index (χ3v) is 3.56. The molecular weight excluding hydrogens is 295 g/mol. The van der Waals surface area contributed by atoms with Gasteiger partial charge in [0.1, 0.15) is 5.82 Å². The van der Waals surface area contributed by atoms with Gasteiger partial charge in [-0.3, -0.25) is 9.59 Å². The Morgan fingerprint density at radius 3 is 2.17 bits per heavy atom. The first-order valence-electron chi connectivity index (χ1n) is 7.11. The Hall–Kier alpha value is -2.95. The highest BCUT2D eigenvalue weighted by Gasteiger charge is 2.36. The molecule has 0 atom stereocenters. The van der Waals surface area contributed by atoms with Gasteiger partial charge >= 0.3 is 0 Å². The second kappa shape index (κ2) is 5.68. The lowest BCUT2D eigenvalue weighted by molar-refractivity contribution is -0.112. The molecule has 4 nitrogen and oxygen atoms in total. The van der Waals surface area contributed by atoms with Gasteiger partial charge in [-0.25, -0.2) is 9.29 Å². The number of amides is 2. The smallest absolute Gasteiger partial charge is 0.267 e. The Bertz CT molecular complexity index is 827. The van der Waals surface area contributed by atoms with E-state index >= 15 is 0 Å². The monoisotopic (exact) mass is 310 g/mol. The number of imide groups is 1. The van der Waals surface area contributed by atoms with E-state index in [0.717, 1.165) is 4.90 Å². The summed E-state index contributed by atoms with van der Waals surface area (Å²) >= 11 is 0. The van der Waals surface area contributed by atoms with E-state index in [0.29, 0.717) is 16.7 Å². The predicted molar refractivity (Wildman–Crippen MR) is 86.3 cm³/mol. The molecule has 0 N–H and O–H groups in total. The van der Waals surface area contributed by atoms with Crippen molar-refractivity contribution >= 4 is 23.1 Å². The normalized spacial score (nSPS) is 15.8. The van der Waals surface area contributed by atoms with Crippen LogP contribution in [0.25, 0.3) is 5.57 Å². The van der Waals surface area contributed by atoms with Gasteiger partial charge in [0, 0.05) is 31.4 Å². The Morgan fingerprint density at radius 2 is 1.52 bits per heavy atom. The first kappa shape index (κ1) is 15.0. The number of benzene rings is 2. The molecule has 0 saturated heterocycles. The fraction of sp³-hybridized carbons (Fsp3) is 0.111. The Labute approximate surface area is 133 Å². The lowest BCUT2D eigenvalue weighted by atomic mass is 9.93. The van der Waals surface area contributed by atoms with Crippen molar-refractivity contribution in [2.75, 3.05) is 19.0 Å². The summed E-state index contributed by atoms with van der Waals surface area (Å²) in [6.07, 6.45) is 1.64. The quantitative estimate of drug-likeness (QED) is 0.632. The van der Waals surface area contributed by atoms with E-state index in [4.69, 9.17) is 0 Å². The highest BCUT2D eigenvalue weighted by Crippen LogP contribution is 2.33. The number of anilines is 1. The zero-order valence-corrected chi connectivity index (χ0v) is 12.8. The third kappa shape index (κ3) is 2.50. The Balaban J connectivity index is 2.23. The van der Waals surface area contributed by atoms with Crippen LogP contribution in [0.4, 0.5) is 10.1 Å². The minimum atomic E-state index is -0.613. The number of para-hydroxylation sites is 1. The topological polar surface area (TPSA) is 40.6 Å². The Morgan fingerprint density at radius 1 is 0.913 bits per heavy atom. The molecule has 2 amide bonds. The predicted octanol–water partition coefficient (Wildman–Crippen LogP) is 2.92. The van der Waals surface area contributed by atoms with E-state index in [-0.39, 0.29) is 5.69 Å². The molecule has 0 aliphatic carbocycles. The maximum atomic E-state index is 14.1. The van der Waals surface area contributed by atoms with E-state index in [2.05, 4.69) is 0 Å². The number of halogens is 1. The minimum absolute atomic E-state index is 0.0401. The highest BCUT2D eigenvalue weighted by molar-refractivity contribution is 6.41. The number of hydrogen-bond donors (Lipinski definition) is 0. The molecule has 0 fully saturated rings. The maximum absolute atomic E-state index is 14.1.